The number of hydrogen-bond acceptors (Lipinski definition) is 2. The van der Waals surface area contributed by atoms with Crippen molar-refractivity contribution in [3.05, 3.63) is 34.3 Å². The van der Waals surface area contributed by atoms with E-state index in [0.717, 1.165) is 31.2 Å². The van der Waals surface area contributed by atoms with Gasteiger partial charge in [0, 0.05) is 23.1 Å². The average Bonchev–Trinajstić information content (AvgIpc) is 3.00. The summed E-state index contributed by atoms with van der Waals surface area (Å²) in [6.07, 6.45) is 3.52. The van der Waals surface area contributed by atoms with Gasteiger partial charge in [0.25, 0.3) is 0 Å². The Bertz CT molecular complexity index is 434. The highest BCUT2D eigenvalue weighted by atomic mass is 35.5. The molecule has 3 rings (SSSR count). The molecule has 0 amide bonds. The minimum absolute atomic E-state index is 0.106. The van der Waals surface area contributed by atoms with Crippen LogP contribution in [0.25, 0.3) is 0 Å². The zero-order valence-electron chi connectivity index (χ0n) is 10.8. The molecule has 2 aliphatic heterocycles. The van der Waals surface area contributed by atoms with E-state index in [1.165, 1.54) is 24.0 Å². The van der Waals surface area contributed by atoms with Crippen LogP contribution in [0.1, 0.15) is 43.2 Å². The van der Waals surface area contributed by atoms with Crippen LogP contribution in [0.15, 0.2) is 18.2 Å². The Morgan fingerprint density at radius 2 is 2.33 bits per heavy atom. The Morgan fingerprint density at radius 3 is 2.94 bits per heavy atom. The molecule has 2 nitrogen and oxygen atoms in total. The van der Waals surface area contributed by atoms with Gasteiger partial charge >= 0.3 is 0 Å². The number of hydrogen-bond donors (Lipinski definition) is 1. The van der Waals surface area contributed by atoms with Gasteiger partial charge in [-0.05, 0) is 49.9 Å². The minimum atomic E-state index is 0.106. The molecule has 98 valence electrons. The maximum Gasteiger partial charge on any atom is 0.0536 e. The van der Waals surface area contributed by atoms with Crippen molar-refractivity contribution in [1.82, 2.24) is 5.32 Å². The third-order valence-corrected chi connectivity index (χ3v) is 4.70. The number of ether oxygens (including phenoxy) is 1. The summed E-state index contributed by atoms with van der Waals surface area (Å²) in [6.45, 7) is 5.05. The lowest BCUT2D eigenvalue weighted by atomic mass is 9.88. The predicted molar refractivity (Wildman–Crippen MR) is 74.2 cm³/mol. The van der Waals surface area contributed by atoms with Crippen LogP contribution in [-0.2, 0) is 10.3 Å². The fourth-order valence-electron chi connectivity index (χ4n) is 3.12. The van der Waals surface area contributed by atoms with Crippen LogP contribution in [-0.4, -0.2) is 19.8 Å². The topological polar surface area (TPSA) is 21.3 Å². The summed E-state index contributed by atoms with van der Waals surface area (Å²) < 4.78 is 5.45. The van der Waals surface area contributed by atoms with Crippen LogP contribution >= 0.6 is 11.6 Å². The Kier molecular flexibility index (Phi) is 3.35. The van der Waals surface area contributed by atoms with Gasteiger partial charge in [-0.3, -0.25) is 0 Å². The maximum atomic E-state index is 6.47. The lowest BCUT2D eigenvalue weighted by Gasteiger charge is -2.26. The maximum absolute atomic E-state index is 6.47. The molecule has 1 N–H and O–H groups in total. The molecule has 1 aromatic rings. The van der Waals surface area contributed by atoms with Gasteiger partial charge in [-0.1, -0.05) is 23.7 Å². The van der Waals surface area contributed by atoms with Crippen molar-refractivity contribution in [3.63, 3.8) is 0 Å². The van der Waals surface area contributed by atoms with Crippen molar-refractivity contribution < 1.29 is 4.74 Å². The minimum Gasteiger partial charge on any atom is -0.381 e. The molecule has 0 aliphatic carbocycles. The normalized spacial score (nSPS) is 32.0. The zero-order valence-corrected chi connectivity index (χ0v) is 11.6. The fourth-order valence-corrected chi connectivity index (χ4v) is 3.46. The Labute approximate surface area is 114 Å². The van der Waals surface area contributed by atoms with Crippen molar-refractivity contribution in [2.45, 2.75) is 37.6 Å². The molecule has 0 aromatic heterocycles. The quantitative estimate of drug-likeness (QED) is 0.885. The summed E-state index contributed by atoms with van der Waals surface area (Å²) in [4.78, 5) is 0. The highest BCUT2D eigenvalue weighted by molar-refractivity contribution is 6.31. The largest absolute Gasteiger partial charge is 0.381 e. The first-order chi connectivity index (χ1) is 8.69. The van der Waals surface area contributed by atoms with Crippen LogP contribution in [0, 0.1) is 0 Å². The van der Waals surface area contributed by atoms with Crippen LogP contribution in [0.5, 0.6) is 0 Å². The molecule has 2 unspecified atom stereocenters. The number of halogens is 1. The molecule has 0 bridgehead atoms. The van der Waals surface area contributed by atoms with E-state index < -0.39 is 0 Å². The Morgan fingerprint density at radius 1 is 1.44 bits per heavy atom. The summed E-state index contributed by atoms with van der Waals surface area (Å²) in [5, 5.41) is 4.48. The van der Waals surface area contributed by atoms with E-state index in [-0.39, 0.29) is 5.54 Å². The molecular weight excluding hydrogens is 246 g/mol. The Hall–Kier alpha value is -0.570. The second kappa shape index (κ2) is 4.84. The summed E-state index contributed by atoms with van der Waals surface area (Å²) in [5.41, 5.74) is 2.67. The molecule has 3 heteroatoms. The number of nitrogens with one attached hydrogen (secondary N) is 1. The average molecular weight is 266 g/mol. The van der Waals surface area contributed by atoms with Gasteiger partial charge in [0.1, 0.15) is 0 Å². The molecule has 0 spiro atoms. The monoisotopic (exact) mass is 265 g/mol. The Balaban J connectivity index is 1.88. The second-order valence-electron chi connectivity index (χ2n) is 5.66. The predicted octanol–water partition coefficient (Wildman–Crippen LogP) is 3.44. The number of rotatable bonds is 2. The molecule has 2 heterocycles. The first-order valence-corrected chi connectivity index (χ1v) is 7.19. The SMILES string of the molecule is CC1(c2ccc(C3CCOC3)c(Cl)c2)CCCN1. The van der Waals surface area contributed by atoms with E-state index in [1.54, 1.807) is 0 Å². The van der Waals surface area contributed by atoms with Gasteiger partial charge in [-0.25, -0.2) is 0 Å². The molecule has 1 aromatic carbocycles. The van der Waals surface area contributed by atoms with Gasteiger partial charge in [0.15, 0.2) is 0 Å². The van der Waals surface area contributed by atoms with Crippen molar-refractivity contribution in [3.8, 4) is 0 Å². The van der Waals surface area contributed by atoms with Crippen LogP contribution in [0.3, 0.4) is 0 Å². The van der Waals surface area contributed by atoms with Gasteiger partial charge in [-0.15, -0.1) is 0 Å². The van der Waals surface area contributed by atoms with Crippen molar-refractivity contribution >= 4 is 11.6 Å². The molecule has 0 saturated carbocycles. The number of benzene rings is 1. The van der Waals surface area contributed by atoms with E-state index >= 15 is 0 Å². The third-order valence-electron chi connectivity index (χ3n) is 4.38. The fraction of sp³-hybridized carbons (Fsp3) is 0.600. The second-order valence-corrected chi connectivity index (χ2v) is 6.07. The first kappa shape index (κ1) is 12.5. The van der Waals surface area contributed by atoms with E-state index in [0.29, 0.717) is 5.92 Å². The molecule has 0 radical (unpaired) electrons. The van der Waals surface area contributed by atoms with E-state index in [1.807, 2.05) is 0 Å². The third kappa shape index (κ3) is 2.18. The lowest BCUT2D eigenvalue weighted by molar-refractivity contribution is 0.194. The summed E-state index contributed by atoms with van der Waals surface area (Å²) in [6, 6.07) is 6.58. The smallest absolute Gasteiger partial charge is 0.0536 e. The molecular formula is C15H20ClNO. The lowest BCUT2D eigenvalue weighted by Crippen LogP contribution is -2.33. The van der Waals surface area contributed by atoms with Crippen molar-refractivity contribution in [2.24, 2.45) is 0 Å². The van der Waals surface area contributed by atoms with Gasteiger partial charge in [-0.2, -0.15) is 0 Å². The molecule has 18 heavy (non-hydrogen) atoms. The van der Waals surface area contributed by atoms with E-state index in [2.05, 4.69) is 30.4 Å². The summed E-state index contributed by atoms with van der Waals surface area (Å²) >= 11 is 6.47. The van der Waals surface area contributed by atoms with E-state index in [4.69, 9.17) is 16.3 Å². The molecule has 2 atom stereocenters. The molecule has 2 saturated heterocycles. The standard InChI is InChI=1S/C15H20ClNO/c1-15(6-2-7-17-15)12-3-4-13(14(16)9-12)11-5-8-18-10-11/h3-4,9,11,17H,2,5-8,10H2,1H3. The molecule has 2 fully saturated rings. The van der Waals surface area contributed by atoms with Crippen LogP contribution in [0.4, 0.5) is 0 Å². The van der Waals surface area contributed by atoms with Crippen LogP contribution < -0.4 is 5.32 Å². The van der Waals surface area contributed by atoms with Gasteiger partial charge < -0.3 is 10.1 Å². The highest BCUT2D eigenvalue weighted by Gasteiger charge is 2.31. The molecule has 2 aliphatic rings. The summed E-state index contributed by atoms with van der Waals surface area (Å²) in [5.74, 6) is 0.482. The van der Waals surface area contributed by atoms with Crippen LogP contribution in [0.2, 0.25) is 5.02 Å². The first-order valence-electron chi connectivity index (χ1n) is 6.82. The van der Waals surface area contributed by atoms with Crippen molar-refractivity contribution in [2.75, 3.05) is 19.8 Å². The van der Waals surface area contributed by atoms with Gasteiger partial charge in [0.2, 0.25) is 0 Å². The zero-order chi connectivity index (χ0) is 12.6. The van der Waals surface area contributed by atoms with Gasteiger partial charge in [0.05, 0.1) is 6.61 Å². The van der Waals surface area contributed by atoms with E-state index in [9.17, 15) is 0 Å². The highest BCUT2D eigenvalue weighted by Crippen LogP contribution is 2.36. The van der Waals surface area contributed by atoms with Crippen molar-refractivity contribution in [1.29, 1.82) is 0 Å². The summed E-state index contributed by atoms with van der Waals surface area (Å²) in [7, 11) is 0.